The number of hydrogen-bond acceptors (Lipinski definition) is 15. The number of carbonyl (C=O) groups is 2. The first kappa shape index (κ1) is 32.9. The first-order valence-electron chi connectivity index (χ1n) is 11.2. The first-order chi connectivity index (χ1) is 17.9. The van der Waals surface area contributed by atoms with Crippen LogP contribution in [0.25, 0.3) is 0 Å². The number of aliphatic carboxylic acids is 1. The summed E-state index contributed by atoms with van der Waals surface area (Å²) >= 11 is 0. The molecule has 0 amide bonds. The van der Waals surface area contributed by atoms with Crippen molar-refractivity contribution >= 4 is 32.1 Å². The number of anilines is 1. The van der Waals surface area contributed by atoms with Gasteiger partial charge in [0.05, 0.1) is 28.1 Å². The van der Waals surface area contributed by atoms with Gasteiger partial charge in [-0.2, -0.15) is 9.94 Å². The Kier molecular flexibility index (Phi) is 13.9. The van der Waals surface area contributed by atoms with Gasteiger partial charge in [0.2, 0.25) is 0 Å². The Morgan fingerprint density at radius 3 is 2.53 bits per heavy atom. The highest BCUT2D eigenvalue weighted by Gasteiger charge is 2.46. The normalized spacial score (nSPS) is 21.4. The molecule has 1 aromatic heterocycles. The minimum atomic E-state index is -1.68. The average Bonchev–Trinajstić information content (AvgIpc) is 3.13. The number of carboxylic acids is 1. The summed E-state index contributed by atoms with van der Waals surface area (Å²) in [4.78, 5) is 36.0. The van der Waals surface area contributed by atoms with Crippen LogP contribution in [0.5, 0.6) is 0 Å². The highest BCUT2D eigenvalue weighted by Crippen LogP contribution is 2.30. The number of nitrogens with one attached hydrogen (secondary N) is 2. The van der Waals surface area contributed by atoms with Crippen molar-refractivity contribution in [2.45, 2.75) is 57.2 Å². The van der Waals surface area contributed by atoms with Crippen LogP contribution in [0.2, 0.25) is 0 Å². The molecule has 1 saturated heterocycles. The second-order valence-corrected chi connectivity index (χ2v) is 8.86. The van der Waals surface area contributed by atoms with Gasteiger partial charge in [-0.1, -0.05) is 19.1 Å². The van der Waals surface area contributed by atoms with Crippen LogP contribution < -0.4 is 16.6 Å². The number of carbonyl (C=O) groups excluding carboxylic acids is 1. The summed E-state index contributed by atoms with van der Waals surface area (Å²) in [6, 6.07) is 2.02. The van der Waals surface area contributed by atoms with E-state index in [2.05, 4.69) is 15.6 Å². The fourth-order valence-electron chi connectivity index (χ4n) is 2.83. The number of aliphatic hydroxyl groups is 2. The van der Waals surface area contributed by atoms with Crippen molar-refractivity contribution in [2.75, 3.05) is 32.2 Å². The third-order valence-corrected chi connectivity index (χ3v) is 5.36. The lowest BCUT2D eigenvalue weighted by Crippen LogP contribution is -2.39. The fraction of sp³-hybridized carbons (Fsp3) is 0.650. The zero-order valence-corrected chi connectivity index (χ0v) is 22.2. The van der Waals surface area contributed by atoms with Crippen molar-refractivity contribution < 1.29 is 43.6 Å². The number of aromatic nitrogens is 3. The quantitative estimate of drug-likeness (QED) is 0.0707. The topological polar surface area (TPSA) is 265 Å². The van der Waals surface area contributed by atoms with Crippen LogP contribution in [0, 0.1) is 16.7 Å². The Bertz CT molecular complexity index is 1060. The summed E-state index contributed by atoms with van der Waals surface area (Å²) in [6.07, 6.45) is -6.07. The minimum absolute atomic E-state index is 0.00225. The van der Waals surface area contributed by atoms with Crippen LogP contribution in [0.3, 0.4) is 0 Å². The Balaban J connectivity index is 0.00000168. The summed E-state index contributed by atoms with van der Waals surface area (Å²) in [5.74, 6) is -3.85. The molecule has 0 aliphatic carbocycles. The summed E-state index contributed by atoms with van der Waals surface area (Å²) < 4.78 is 20.8. The molecule has 0 radical (unpaired) electrons. The number of nitrogens with zero attached hydrogens (tertiary/aromatic N) is 4. The van der Waals surface area contributed by atoms with E-state index in [-0.39, 0.29) is 18.9 Å². The average molecular weight is 561 g/mol. The van der Waals surface area contributed by atoms with Gasteiger partial charge in [0.15, 0.2) is 17.8 Å². The van der Waals surface area contributed by atoms with E-state index in [1.165, 1.54) is 14.0 Å². The Hall–Kier alpha value is -3.10. The van der Waals surface area contributed by atoms with Gasteiger partial charge in [-0.05, 0) is 13.0 Å². The molecule has 38 heavy (non-hydrogen) atoms. The standard InChI is InChI=1S/C17H23N6O10P.C3H9N/c1-3-30-16(29)8(19)9-10(20-2)13(26)23(22-21-9)14-12(25)11(24)7(33-14)6-31-17(15(27)28)34-32-5-4-18;1-3(2)4/h7,11-12,14,17,19-20,24-25,34H,3,5-6H2,1-2H3,(H,27,28);3H,4H2,1-2H3. The van der Waals surface area contributed by atoms with Gasteiger partial charge in [-0.25, -0.2) is 9.59 Å². The first-order valence-corrected chi connectivity index (χ1v) is 12.2. The molecule has 1 aliphatic heterocycles. The van der Waals surface area contributed by atoms with E-state index in [4.69, 9.17) is 35.1 Å². The third-order valence-electron chi connectivity index (χ3n) is 4.42. The maximum atomic E-state index is 12.9. The number of esters is 1. The van der Waals surface area contributed by atoms with Gasteiger partial charge in [-0.15, -0.1) is 5.10 Å². The monoisotopic (exact) mass is 561 g/mol. The molecule has 0 saturated carbocycles. The molecule has 0 aromatic carbocycles. The largest absolute Gasteiger partial charge is 0.479 e. The van der Waals surface area contributed by atoms with E-state index in [1.54, 1.807) is 6.07 Å². The van der Waals surface area contributed by atoms with Gasteiger partial charge in [0, 0.05) is 7.05 Å². The number of nitriles is 1. The van der Waals surface area contributed by atoms with Crippen LogP contribution in [0.15, 0.2) is 4.79 Å². The van der Waals surface area contributed by atoms with Gasteiger partial charge in [0.25, 0.3) is 5.56 Å². The molecule has 7 N–H and O–H groups in total. The molecule has 0 spiro atoms. The molecule has 212 valence electrons. The highest BCUT2D eigenvalue weighted by molar-refractivity contribution is 7.34. The van der Waals surface area contributed by atoms with E-state index in [1.807, 2.05) is 13.8 Å². The smallest absolute Gasteiger partial charge is 0.358 e. The van der Waals surface area contributed by atoms with Crippen LogP contribution in [-0.4, -0.2) is 105 Å². The summed E-state index contributed by atoms with van der Waals surface area (Å²) in [7, 11) is 0.625. The van der Waals surface area contributed by atoms with Gasteiger partial charge < -0.3 is 45.1 Å². The van der Waals surface area contributed by atoms with E-state index in [9.17, 15) is 29.7 Å². The molecule has 18 heteroatoms. The zero-order valence-electron chi connectivity index (χ0n) is 21.2. The molecule has 2 rings (SSSR count). The molecule has 1 aromatic rings. The lowest BCUT2D eigenvalue weighted by molar-refractivity contribution is -0.148. The summed E-state index contributed by atoms with van der Waals surface area (Å²) in [5.41, 5.74) is 2.77. The number of carboxylic acid groups (broad SMARTS) is 1. The Morgan fingerprint density at radius 2 is 2.00 bits per heavy atom. The second kappa shape index (κ2) is 16.0. The molecular weight excluding hydrogens is 529 g/mol. The van der Waals surface area contributed by atoms with E-state index >= 15 is 0 Å². The minimum Gasteiger partial charge on any atom is -0.479 e. The van der Waals surface area contributed by atoms with Crippen LogP contribution in [0.4, 0.5) is 5.69 Å². The van der Waals surface area contributed by atoms with Crippen LogP contribution >= 0.6 is 8.81 Å². The molecule has 2 heterocycles. The molecular formula is C20H32N7O10P. The van der Waals surface area contributed by atoms with Gasteiger partial charge in [0.1, 0.15) is 36.3 Å². The number of rotatable bonds is 12. The van der Waals surface area contributed by atoms with Gasteiger partial charge in [-0.3, -0.25) is 10.2 Å². The van der Waals surface area contributed by atoms with Crippen LogP contribution in [0.1, 0.15) is 32.7 Å². The van der Waals surface area contributed by atoms with E-state index < -0.39 is 74.7 Å². The third kappa shape index (κ3) is 9.03. The maximum Gasteiger partial charge on any atom is 0.358 e. The van der Waals surface area contributed by atoms with Gasteiger partial charge >= 0.3 is 11.9 Å². The molecule has 0 bridgehead atoms. The Morgan fingerprint density at radius 1 is 1.37 bits per heavy atom. The number of hydrogen-bond donors (Lipinski definition) is 6. The molecule has 17 nitrogen and oxygen atoms in total. The van der Waals surface area contributed by atoms with E-state index in [0.717, 1.165) is 0 Å². The molecule has 1 aliphatic rings. The molecule has 1 fully saturated rings. The predicted octanol–water partition coefficient (Wildman–Crippen LogP) is -1.86. The number of aliphatic hydroxyl groups excluding tert-OH is 2. The van der Waals surface area contributed by atoms with Crippen molar-refractivity contribution in [3.63, 3.8) is 0 Å². The predicted molar refractivity (Wildman–Crippen MR) is 132 cm³/mol. The lowest BCUT2D eigenvalue weighted by atomic mass is 10.1. The van der Waals surface area contributed by atoms with Crippen molar-refractivity contribution in [3.8, 4) is 6.07 Å². The maximum absolute atomic E-state index is 12.9. The number of nitrogens with two attached hydrogens (primary N) is 1. The number of ether oxygens (including phenoxy) is 3. The fourth-order valence-corrected chi connectivity index (χ4v) is 3.40. The van der Waals surface area contributed by atoms with Crippen molar-refractivity contribution in [3.05, 3.63) is 16.0 Å². The molecule has 6 unspecified atom stereocenters. The van der Waals surface area contributed by atoms with Crippen LogP contribution in [-0.2, 0) is 28.3 Å². The zero-order chi connectivity index (χ0) is 29.0. The van der Waals surface area contributed by atoms with Crippen molar-refractivity contribution in [1.29, 1.82) is 10.7 Å². The molecule has 6 atom stereocenters. The summed E-state index contributed by atoms with van der Waals surface area (Å²) in [5, 5.41) is 56.0. The summed E-state index contributed by atoms with van der Waals surface area (Å²) in [6.45, 7) is 4.59. The lowest BCUT2D eigenvalue weighted by Gasteiger charge is -2.18. The Labute approximate surface area is 219 Å². The second-order valence-electron chi connectivity index (χ2n) is 7.81. The van der Waals surface area contributed by atoms with Crippen molar-refractivity contribution in [1.82, 2.24) is 15.0 Å². The van der Waals surface area contributed by atoms with Crippen molar-refractivity contribution in [2.24, 2.45) is 5.73 Å². The SMILES string of the molecule is CC(C)N.CCOC(=O)C(=N)c1nnn(C2OC(COC(POCC#N)C(=O)O)C(O)C2O)c(=O)c1NC. The highest BCUT2D eigenvalue weighted by atomic mass is 31.1. The van der Waals surface area contributed by atoms with E-state index in [0.29, 0.717) is 10.7 Å².